The van der Waals surface area contributed by atoms with Crippen molar-refractivity contribution in [3.63, 3.8) is 0 Å². The van der Waals surface area contributed by atoms with Gasteiger partial charge in [0.1, 0.15) is 0 Å². The van der Waals surface area contributed by atoms with Crippen LogP contribution in [-0.2, 0) is 4.79 Å². The van der Waals surface area contributed by atoms with Crippen molar-refractivity contribution in [2.24, 2.45) is 5.92 Å². The minimum absolute atomic E-state index is 0.0204. The molecule has 1 N–H and O–H groups in total. The standard InChI is InChI=1S/C8H13N3O/c1-6(2)11-3-7(4-11)8(12)10-5-9/h6-7H,3-4H2,1-2H3,(H,10,12). The Bertz CT molecular complexity index is 213. The third-order valence-electron chi connectivity index (χ3n) is 2.19. The minimum atomic E-state index is -0.144. The first-order chi connectivity index (χ1) is 5.65. The molecular weight excluding hydrogens is 154 g/mol. The predicted molar refractivity (Wildman–Crippen MR) is 44.0 cm³/mol. The van der Waals surface area contributed by atoms with E-state index in [1.54, 1.807) is 6.19 Å². The number of carbonyl (C=O) groups excluding carboxylic acids is 1. The van der Waals surface area contributed by atoms with Crippen molar-refractivity contribution in [1.29, 1.82) is 5.26 Å². The lowest BCUT2D eigenvalue weighted by molar-refractivity contribution is -0.129. The Hall–Kier alpha value is -1.08. The molecule has 0 bridgehead atoms. The molecule has 0 unspecified atom stereocenters. The number of nitrogens with one attached hydrogen (secondary N) is 1. The topological polar surface area (TPSA) is 56.1 Å². The summed E-state index contributed by atoms with van der Waals surface area (Å²) < 4.78 is 0. The summed E-state index contributed by atoms with van der Waals surface area (Å²) in [6, 6.07) is 0.496. The highest BCUT2D eigenvalue weighted by molar-refractivity contribution is 5.81. The third kappa shape index (κ3) is 1.74. The zero-order valence-electron chi connectivity index (χ0n) is 7.37. The number of nitrogens with zero attached hydrogens (tertiary/aromatic N) is 2. The molecule has 1 fully saturated rings. The normalized spacial score (nSPS) is 18.5. The highest BCUT2D eigenvalue weighted by Crippen LogP contribution is 2.17. The SMILES string of the molecule is CC(C)N1CC(C(=O)NC#N)C1. The van der Waals surface area contributed by atoms with Crippen LogP contribution in [-0.4, -0.2) is 29.9 Å². The van der Waals surface area contributed by atoms with Crippen LogP contribution in [0.3, 0.4) is 0 Å². The summed E-state index contributed by atoms with van der Waals surface area (Å²) in [5, 5.41) is 10.3. The lowest BCUT2D eigenvalue weighted by atomic mass is 9.97. The first-order valence-corrected chi connectivity index (χ1v) is 4.08. The molecule has 0 saturated carbocycles. The average molecular weight is 167 g/mol. The first-order valence-electron chi connectivity index (χ1n) is 4.08. The summed E-state index contributed by atoms with van der Waals surface area (Å²) in [4.78, 5) is 13.2. The van der Waals surface area contributed by atoms with E-state index in [0.717, 1.165) is 13.1 Å². The number of hydrogen-bond acceptors (Lipinski definition) is 3. The molecule has 0 aromatic rings. The van der Waals surface area contributed by atoms with Crippen LogP contribution in [0.5, 0.6) is 0 Å². The number of rotatable bonds is 2. The molecule has 1 saturated heterocycles. The fourth-order valence-corrected chi connectivity index (χ4v) is 1.26. The molecule has 0 aromatic heterocycles. The molecule has 0 aromatic carbocycles. The molecule has 1 amide bonds. The molecule has 12 heavy (non-hydrogen) atoms. The summed E-state index contributed by atoms with van der Waals surface area (Å²) >= 11 is 0. The Labute approximate surface area is 72.2 Å². The predicted octanol–water partition coefficient (Wildman–Crippen LogP) is -0.0761. The Morgan fingerprint density at radius 3 is 2.67 bits per heavy atom. The fourth-order valence-electron chi connectivity index (χ4n) is 1.26. The van der Waals surface area contributed by atoms with Crippen molar-refractivity contribution in [3.8, 4) is 6.19 Å². The average Bonchev–Trinajstić information content (AvgIpc) is 1.82. The highest BCUT2D eigenvalue weighted by Gasteiger charge is 2.33. The maximum absolute atomic E-state index is 11.0. The van der Waals surface area contributed by atoms with Crippen molar-refractivity contribution in [3.05, 3.63) is 0 Å². The van der Waals surface area contributed by atoms with Gasteiger partial charge in [0.15, 0.2) is 6.19 Å². The molecule has 4 heteroatoms. The summed E-state index contributed by atoms with van der Waals surface area (Å²) in [6.45, 7) is 5.76. The van der Waals surface area contributed by atoms with Gasteiger partial charge < -0.3 is 0 Å². The van der Waals surface area contributed by atoms with Crippen LogP contribution in [0.15, 0.2) is 0 Å². The monoisotopic (exact) mass is 167 g/mol. The highest BCUT2D eigenvalue weighted by atomic mass is 16.2. The lowest BCUT2D eigenvalue weighted by Crippen LogP contribution is -2.55. The third-order valence-corrected chi connectivity index (χ3v) is 2.19. The van der Waals surface area contributed by atoms with E-state index in [-0.39, 0.29) is 11.8 Å². The van der Waals surface area contributed by atoms with Gasteiger partial charge in [0.2, 0.25) is 5.91 Å². The van der Waals surface area contributed by atoms with Crippen molar-refractivity contribution in [2.45, 2.75) is 19.9 Å². The molecule has 1 heterocycles. The summed E-state index contributed by atoms with van der Waals surface area (Å²) in [7, 11) is 0. The summed E-state index contributed by atoms with van der Waals surface area (Å²) in [5.74, 6) is -0.124. The summed E-state index contributed by atoms with van der Waals surface area (Å²) in [6.07, 6.45) is 1.64. The Morgan fingerprint density at radius 1 is 1.67 bits per heavy atom. The smallest absolute Gasteiger partial charge is 0.238 e. The van der Waals surface area contributed by atoms with Gasteiger partial charge in [-0.3, -0.25) is 15.0 Å². The van der Waals surface area contributed by atoms with Crippen LogP contribution in [0.2, 0.25) is 0 Å². The van der Waals surface area contributed by atoms with Gasteiger partial charge in [0, 0.05) is 19.1 Å². The first kappa shape index (κ1) is 9.01. The largest absolute Gasteiger partial charge is 0.299 e. The van der Waals surface area contributed by atoms with Crippen molar-refractivity contribution in [1.82, 2.24) is 10.2 Å². The van der Waals surface area contributed by atoms with Gasteiger partial charge in [-0.05, 0) is 13.8 Å². The number of likely N-dealkylation sites (tertiary alicyclic amines) is 1. The second kappa shape index (κ2) is 3.55. The molecule has 66 valence electrons. The van der Waals surface area contributed by atoms with E-state index >= 15 is 0 Å². The molecule has 4 nitrogen and oxygen atoms in total. The quantitative estimate of drug-likeness (QED) is 0.462. The summed E-state index contributed by atoms with van der Waals surface area (Å²) in [5.41, 5.74) is 0. The molecule has 0 radical (unpaired) electrons. The van der Waals surface area contributed by atoms with Gasteiger partial charge in [0.05, 0.1) is 5.92 Å². The molecule has 0 atom stereocenters. The van der Waals surface area contributed by atoms with Gasteiger partial charge in [0.25, 0.3) is 0 Å². The van der Waals surface area contributed by atoms with E-state index < -0.39 is 0 Å². The molecular formula is C8H13N3O. The maximum atomic E-state index is 11.0. The zero-order chi connectivity index (χ0) is 9.14. The van der Waals surface area contributed by atoms with Crippen LogP contribution in [0.4, 0.5) is 0 Å². The van der Waals surface area contributed by atoms with E-state index in [9.17, 15) is 4.79 Å². The second-order valence-electron chi connectivity index (χ2n) is 3.35. The fraction of sp³-hybridized carbons (Fsp3) is 0.750. The Kier molecular flexibility index (Phi) is 2.66. The number of nitriles is 1. The molecule has 1 rings (SSSR count). The van der Waals surface area contributed by atoms with Gasteiger partial charge in [-0.25, -0.2) is 0 Å². The van der Waals surface area contributed by atoms with E-state index in [0.29, 0.717) is 6.04 Å². The van der Waals surface area contributed by atoms with Crippen LogP contribution < -0.4 is 5.32 Å². The van der Waals surface area contributed by atoms with Crippen molar-refractivity contribution in [2.75, 3.05) is 13.1 Å². The minimum Gasteiger partial charge on any atom is -0.299 e. The van der Waals surface area contributed by atoms with Crippen molar-refractivity contribution < 1.29 is 4.79 Å². The van der Waals surface area contributed by atoms with Gasteiger partial charge in [-0.1, -0.05) is 0 Å². The number of amides is 1. The van der Waals surface area contributed by atoms with E-state index in [1.807, 2.05) is 0 Å². The molecule has 0 spiro atoms. The van der Waals surface area contributed by atoms with Crippen LogP contribution in [0.1, 0.15) is 13.8 Å². The molecule has 1 aliphatic rings. The Morgan fingerprint density at radius 2 is 2.25 bits per heavy atom. The second-order valence-corrected chi connectivity index (χ2v) is 3.35. The van der Waals surface area contributed by atoms with Crippen LogP contribution >= 0.6 is 0 Å². The van der Waals surface area contributed by atoms with Gasteiger partial charge in [-0.2, -0.15) is 5.26 Å². The number of hydrogen-bond donors (Lipinski definition) is 1. The van der Waals surface area contributed by atoms with Crippen LogP contribution in [0, 0.1) is 17.4 Å². The zero-order valence-corrected chi connectivity index (χ0v) is 7.37. The molecule has 1 aliphatic heterocycles. The number of carbonyl (C=O) groups is 1. The van der Waals surface area contributed by atoms with Crippen LogP contribution in [0.25, 0.3) is 0 Å². The lowest BCUT2D eigenvalue weighted by Gasteiger charge is -2.40. The molecule has 0 aliphatic carbocycles. The van der Waals surface area contributed by atoms with Gasteiger partial charge >= 0.3 is 0 Å². The van der Waals surface area contributed by atoms with Crippen molar-refractivity contribution >= 4 is 5.91 Å². The van der Waals surface area contributed by atoms with E-state index in [1.165, 1.54) is 0 Å². The Balaban J connectivity index is 2.26. The maximum Gasteiger partial charge on any atom is 0.238 e. The van der Waals surface area contributed by atoms with Gasteiger partial charge in [-0.15, -0.1) is 0 Å². The van der Waals surface area contributed by atoms with E-state index in [4.69, 9.17) is 5.26 Å². The van der Waals surface area contributed by atoms with E-state index in [2.05, 4.69) is 24.1 Å².